The molecule has 0 saturated carbocycles. The van der Waals surface area contributed by atoms with E-state index < -0.39 is 0 Å². The summed E-state index contributed by atoms with van der Waals surface area (Å²) in [5.41, 5.74) is 8.63. The zero-order valence-corrected chi connectivity index (χ0v) is 7.44. The molecule has 0 aromatic heterocycles. The maximum atomic E-state index is 10.2. The van der Waals surface area contributed by atoms with Crippen molar-refractivity contribution in [2.45, 2.75) is 6.42 Å². The molecular formula is C6H16N6O. The summed E-state index contributed by atoms with van der Waals surface area (Å²) in [5.74, 6) is 0. The van der Waals surface area contributed by atoms with Crippen molar-refractivity contribution < 1.29 is 4.79 Å². The van der Waals surface area contributed by atoms with Gasteiger partial charge in [0.2, 0.25) is 0 Å². The van der Waals surface area contributed by atoms with Crippen LogP contribution < -0.4 is 32.3 Å². The molecule has 76 valence electrons. The van der Waals surface area contributed by atoms with Gasteiger partial charge in [0.25, 0.3) is 0 Å². The van der Waals surface area contributed by atoms with Gasteiger partial charge in [-0.1, -0.05) is 0 Å². The lowest BCUT2D eigenvalue weighted by atomic mass is 10.4. The first kappa shape index (κ1) is 10.2. The first-order valence-electron chi connectivity index (χ1n) is 4.33. The summed E-state index contributed by atoms with van der Waals surface area (Å²) in [4.78, 5) is 10.2. The van der Waals surface area contributed by atoms with Crippen LogP contribution in [0.1, 0.15) is 6.42 Å². The number of hydrogen-bond donors (Lipinski definition) is 6. The van der Waals surface area contributed by atoms with Gasteiger partial charge in [0.15, 0.2) is 0 Å². The molecule has 2 aliphatic rings. The molecule has 0 radical (unpaired) electrons. The summed E-state index contributed by atoms with van der Waals surface area (Å²) in [5, 5.41) is 7.91. The number of hydrazine groups is 2. The maximum Gasteiger partial charge on any atom is 0.316 e. The van der Waals surface area contributed by atoms with Gasteiger partial charge in [-0.2, -0.15) is 5.53 Å². The van der Waals surface area contributed by atoms with Crippen LogP contribution in [-0.4, -0.2) is 32.5 Å². The topological polar surface area (TPSA) is 89.2 Å². The van der Waals surface area contributed by atoms with Gasteiger partial charge < -0.3 is 10.6 Å². The summed E-state index contributed by atoms with van der Waals surface area (Å²) in [6.45, 7) is 3.30. The number of carbonyl (C=O) groups is 1. The zero-order valence-electron chi connectivity index (χ0n) is 7.44. The van der Waals surface area contributed by atoms with E-state index in [4.69, 9.17) is 0 Å². The molecule has 6 N–H and O–H groups in total. The molecular weight excluding hydrogens is 172 g/mol. The first-order valence-corrected chi connectivity index (χ1v) is 4.33. The molecule has 0 aromatic rings. The summed E-state index contributed by atoms with van der Waals surface area (Å²) < 4.78 is 0. The van der Waals surface area contributed by atoms with E-state index in [0.717, 1.165) is 13.1 Å². The van der Waals surface area contributed by atoms with Crippen molar-refractivity contribution in [1.29, 1.82) is 0 Å². The molecule has 0 aliphatic carbocycles. The van der Waals surface area contributed by atoms with Crippen molar-refractivity contribution in [3.05, 3.63) is 0 Å². The van der Waals surface area contributed by atoms with Gasteiger partial charge in [-0.3, -0.25) is 5.32 Å². The van der Waals surface area contributed by atoms with E-state index in [9.17, 15) is 4.79 Å². The molecule has 2 rings (SSSR count). The summed E-state index contributed by atoms with van der Waals surface area (Å²) in [7, 11) is 0. The fraction of sp³-hybridized carbons (Fsp3) is 0.833. The van der Waals surface area contributed by atoms with Crippen LogP contribution in [-0.2, 0) is 0 Å². The van der Waals surface area contributed by atoms with Crippen LogP contribution in [0.2, 0.25) is 0 Å². The minimum absolute atomic E-state index is 0.0984. The predicted molar refractivity (Wildman–Crippen MR) is 48.3 cm³/mol. The second-order valence-corrected chi connectivity index (χ2v) is 2.62. The Hall–Kier alpha value is -0.890. The van der Waals surface area contributed by atoms with Gasteiger partial charge in [-0.25, -0.2) is 15.6 Å². The number of hydrogen-bond acceptors (Lipinski definition) is 5. The molecule has 0 unspecified atom stereocenters. The molecule has 2 saturated heterocycles. The molecule has 2 fully saturated rings. The van der Waals surface area contributed by atoms with Crippen molar-refractivity contribution in [3.63, 3.8) is 0 Å². The van der Waals surface area contributed by atoms with Crippen LogP contribution in [0.4, 0.5) is 4.79 Å². The summed E-state index contributed by atoms with van der Waals surface area (Å²) >= 11 is 0. The van der Waals surface area contributed by atoms with E-state index in [1.807, 2.05) is 0 Å². The Kier molecular flexibility index (Phi) is 5.18. The first-order chi connectivity index (χ1) is 6.39. The van der Waals surface area contributed by atoms with Gasteiger partial charge in [-0.15, -0.1) is 0 Å². The van der Waals surface area contributed by atoms with Gasteiger partial charge in [-0.05, 0) is 6.42 Å². The summed E-state index contributed by atoms with van der Waals surface area (Å²) in [6, 6.07) is -0.0984. The predicted octanol–water partition coefficient (Wildman–Crippen LogP) is -2.21. The monoisotopic (exact) mass is 188 g/mol. The molecule has 2 amide bonds. The number of urea groups is 1. The quantitative estimate of drug-likeness (QED) is 0.259. The van der Waals surface area contributed by atoms with Crippen LogP contribution in [0.25, 0.3) is 0 Å². The van der Waals surface area contributed by atoms with Crippen LogP contribution >= 0.6 is 0 Å². The normalized spacial score (nSPS) is 22.0. The largest absolute Gasteiger partial charge is 0.326 e. The molecule has 7 heteroatoms. The third-order valence-corrected chi connectivity index (χ3v) is 1.53. The Morgan fingerprint density at radius 1 is 1.00 bits per heavy atom. The minimum Gasteiger partial charge on any atom is -0.326 e. The SMILES string of the molecule is C1CNNNC1.O=C1NCNCN1. The Morgan fingerprint density at radius 2 is 1.62 bits per heavy atom. The van der Waals surface area contributed by atoms with E-state index in [-0.39, 0.29) is 6.03 Å². The van der Waals surface area contributed by atoms with Gasteiger partial charge >= 0.3 is 6.03 Å². The van der Waals surface area contributed by atoms with Crippen molar-refractivity contribution in [1.82, 2.24) is 32.3 Å². The standard InChI is InChI=1S/C3H7N3O.C3H9N3/c7-3-5-1-4-2-6-3;1-2-4-6-5-3-1/h4H,1-2H2,(H2,5,6,7);4-6H,1-3H2. The van der Waals surface area contributed by atoms with Crippen molar-refractivity contribution >= 4 is 6.03 Å². The Labute approximate surface area is 77.0 Å². The smallest absolute Gasteiger partial charge is 0.316 e. The maximum absolute atomic E-state index is 10.2. The number of carbonyl (C=O) groups excluding carboxylic acids is 1. The van der Waals surface area contributed by atoms with Gasteiger partial charge in [0.1, 0.15) is 0 Å². The average Bonchev–Trinajstić information content (AvgIpc) is 2.22. The van der Waals surface area contributed by atoms with E-state index in [1.54, 1.807) is 0 Å². The fourth-order valence-corrected chi connectivity index (χ4v) is 0.863. The van der Waals surface area contributed by atoms with E-state index in [1.165, 1.54) is 6.42 Å². The third-order valence-electron chi connectivity index (χ3n) is 1.53. The highest BCUT2D eigenvalue weighted by atomic mass is 16.2. The highest BCUT2D eigenvalue weighted by molar-refractivity contribution is 5.74. The van der Waals surface area contributed by atoms with E-state index in [2.05, 4.69) is 32.3 Å². The molecule has 0 spiro atoms. The molecule has 0 atom stereocenters. The second-order valence-electron chi connectivity index (χ2n) is 2.62. The highest BCUT2D eigenvalue weighted by Gasteiger charge is 2.00. The van der Waals surface area contributed by atoms with Crippen LogP contribution in [0.15, 0.2) is 0 Å². The van der Waals surface area contributed by atoms with E-state index in [0.29, 0.717) is 13.3 Å². The molecule has 0 bridgehead atoms. The highest BCUT2D eigenvalue weighted by Crippen LogP contribution is 1.71. The molecule has 7 nitrogen and oxygen atoms in total. The van der Waals surface area contributed by atoms with Crippen LogP contribution in [0.3, 0.4) is 0 Å². The number of rotatable bonds is 0. The average molecular weight is 188 g/mol. The van der Waals surface area contributed by atoms with Gasteiger partial charge in [0, 0.05) is 13.1 Å². The molecule has 2 heterocycles. The lowest BCUT2D eigenvalue weighted by Crippen LogP contribution is -2.51. The van der Waals surface area contributed by atoms with Crippen LogP contribution in [0, 0.1) is 0 Å². The zero-order chi connectivity index (χ0) is 9.36. The minimum atomic E-state index is -0.0984. The molecule has 13 heavy (non-hydrogen) atoms. The number of nitrogens with one attached hydrogen (secondary N) is 6. The van der Waals surface area contributed by atoms with Crippen molar-refractivity contribution in [2.24, 2.45) is 0 Å². The van der Waals surface area contributed by atoms with E-state index >= 15 is 0 Å². The second kappa shape index (κ2) is 6.61. The Balaban J connectivity index is 0.000000132. The third kappa shape index (κ3) is 5.36. The summed E-state index contributed by atoms with van der Waals surface area (Å²) in [6.07, 6.45) is 1.22. The fourth-order valence-electron chi connectivity index (χ4n) is 0.863. The number of amides is 2. The molecule has 0 aromatic carbocycles. The Morgan fingerprint density at radius 3 is 1.85 bits per heavy atom. The van der Waals surface area contributed by atoms with Gasteiger partial charge in [0.05, 0.1) is 13.3 Å². The van der Waals surface area contributed by atoms with Crippen LogP contribution in [0.5, 0.6) is 0 Å². The lowest BCUT2D eigenvalue weighted by molar-refractivity contribution is 0.233. The van der Waals surface area contributed by atoms with Crippen molar-refractivity contribution in [3.8, 4) is 0 Å². The van der Waals surface area contributed by atoms with Crippen molar-refractivity contribution in [2.75, 3.05) is 26.4 Å². The lowest BCUT2D eigenvalue weighted by Gasteiger charge is -2.13. The molecule has 2 aliphatic heterocycles. The Bertz CT molecular complexity index is 129.